The maximum atomic E-state index is 12.6. The Hall–Kier alpha value is -2.24. The van der Waals surface area contributed by atoms with Gasteiger partial charge >= 0.3 is 5.97 Å². The summed E-state index contributed by atoms with van der Waals surface area (Å²) in [5.41, 5.74) is 10.9. The van der Waals surface area contributed by atoms with Crippen LogP contribution >= 0.6 is 0 Å². The van der Waals surface area contributed by atoms with Crippen molar-refractivity contribution in [2.45, 2.75) is 51.2 Å². The van der Waals surface area contributed by atoms with Crippen LogP contribution in [0.25, 0.3) is 0 Å². The number of aliphatic carboxylic acids is 1. The van der Waals surface area contributed by atoms with Gasteiger partial charge in [-0.25, -0.2) is 0 Å². The lowest BCUT2D eigenvalue weighted by Crippen LogP contribution is -2.57. The first-order valence-corrected chi connectivity index (χ1v) is 8.80. The molecule has 156 valence electrons. The number of nitrogens with one attached hydrogen (secondary N) is 3. The van der Waals surface area contributed by atoms with Gasteiger partial charge in [0.25, 0.3) is 0 Å². The Morgan fingerprint density at radius 1 is 1.00 bits per heavy atom. The minimum Gasteiger partial charge on any atom is -0.480 e. The fraction of sp³-hybridized carbons (Fsp3) is 0.750. The monoisotopic (exact) mass is 389 g/mol. The smallest absolute Gasteiger partial charge is 0.322 e. The number of hydrogen-bond acceptors (Lipinski definition) is 7. The van der Waals surface area contributed by atoms with Crippen LogP contribution in [0.15, 0.2) is 0 Å². The Labute approximate surface area is 158 Å². The Balaban J connectivity index is 5.09. The number of amides is 3. The molecule has 0 aliphatic carbocycles. The van der Waals surface area contributed by atoms with Crippen LogP contribution in [0, 0.1) is 5.92 Å². The van der Waals surface area contributed by atoms with Crippen molar-refractivity contribution >= 4 is 23.7 Å². The predicted molar refractivity (Wildman–Crippen MR) is 97.3 cm³/mol. The minimum atomic E-state index is -1.21. The van der Waals surface area contributed by atoms with Gasteiger partial charge in [-0.05, 0) is 31.7 Å². The van der Waals surface area contributed by atoms with Gasteiger partial charge in [-0.2, -0.15) is 0 Å². The maximum absolute atomic E-state index is 12.6. The zero-order valence-electron chi connectivity index (χ0n) is 15.7. The summed E-state index contributed by atoms with van der Waals surface area (Å²) in [6.45, 7) is 2.66. The lowest BCUT2D eigenvalue weighted by Gasteiger charge is -2.25. The van der Waals surface area contributed by atoms with Crippen molar-refractivity contribution in [1.29, 1.82) is 0 Å². The molecule has 0 spiro atoms. The molecule has 3 amide bonds. The van der Waals surface area contributed by atoms with Crippen molar-refractivity contribution in [2.24, 2.45) is 17.4 Å². The number of rotatable bonds is 13. The molecule has 0 aliphatic heterocycles. The molecule has 0 radical (unpaired) electrons. The van der Waals surface area contributed by atoms with Crippen molar-refractivity contribution in [1.82, 2.24) is 16.0 Å². The Morgan fingerprint density at radius 2 is 1.63 bits per heavy atom. The van der Waals surface area contributed by atoms with Crippen LogP contribution in [0.5, 0.6) is 0 Å². The maximum Gasteiger partial charge on any atom is 0.322 e. The quantitative estimate of drug-likeness (QED) is 0.165. The lowest BCUT2D eigenvalue weighted by molar-refractivity contribution is -0.139. The SMILES string of the molecule is CC(C)C(NC(=O)C(CCCCN)NC(=O)C(N)CO)C(=O)NCC(=O)O. The standard InChI is InChI=1S/C16H31N5O6/c1-9(2)13(16(27)19-7-12(23)24)21-15(26)11(5-3-4-6-17)20-14(25)10(18)8-22/h9-11,13,22H,3-8,17-18H2,1-2H3,(H,19,27)(H,20,25)(H,21,26)(H,23,24). The molecular formula is C16H31N5O6. The van der Waals surface area contributed by atoms with Gasteiger partial charge < -0.3 is 37.6 Å². The molecule has 3 atom stereocenters. The second-order valence-electron chi connectivity index (χ2n) is 6.48. The van der Waals surface area contributed by atoms with Crippen LogP contribution in [0.3, 0.4) is 0 Å². The van der Waals surface area contributed by atoms with Crippen molar-refractivity contribution in [2.75, 3.05) is 19.7 Å². The molecule has 0 aromatic rings. The van der Waals surface area contributed by atoms with E-state index in [0.717, 1.165) is 0 Å². The second-order valence-corrected chi connectivity index (χ2v) is 6.48. The molecule has 0 rings (SSSR count). The average molecular weight is 389 g/mol. The summed E-state index contributed by atoms with van der Waals surface area (Å²) in [7, 11) is 0. The zero-order chi connectivity index (χ0) is 21.0. The molecular weight excluding hydrogens is 358 g/mol. The number of aliphatic hydroxyl groups is 1. The molecule has 0 aromatic carbocycles. The van der Waals surface area contributed by atoms with Crippen LogP contribution in [0.1, 0.15) is 33.1 Å². The molecule has 11 nitrogen and oxygen atoms in total. The number of aliphatic hydroxyl groups excluding tert-OH is 1. The summed E-state index contributed by atoms with van der Waals surface area (Å²) in [6, 6.07) is -3.11. The van der Waals surface area contributed by atoms with Crippen molar-refractivity contribution in [3.63, 3.8) is 0 Å². The van der Waals surface area contributed by atoms with E-state index >= 15 is 0 Å². The number of nitrogens with two attached hydrogens (primary N) is 2. The molecule has 0 aromatic heterocycles. The van der Waals surface area contributed by atoms with Gasteiger partial charge in [-0.3, -0.25) is 19.2 Å². The first-order chi connectivity index (χ1) is 12.6. The van der Waals surface area contributed by atoms with Gasteiger partial charge in [-0.1, -0.05) is 13.8 Å². The number of unbranched alkanes of at least 4 members (excludes halogenated alkanes) is 1. The van der Waals surface area contributed by atoms with Gasteiger partial charge in [0.05, 0.1) is 6.61 Å². The second kappa shape index (κ2) is 13.0. The molecule has 0 bridgehead atoms. The molecule has 0 fully saturated rings. The molecule has 11 heteroatoms. The van der Waals surface area contributed by atoms with Crippen molar-refractivity contribution in [3.8, 4) is 0 Å². The number of carbonyl (C=O) groups is 4. The van der Waals surface area contributed by atoms with Gasteiger partial charge in [0.1, 0.15) is 24.7 Å². The third kappa shape index (κ3) is 9.87. The lowest BCUT2D eigenvalue weighted by atomic mass is 10.0. The summed E-state index contributed by atoms with van der Waals surface area (Å²) in [6.07, 6.45) is 1.47. The first kappa shape index (κ1) is 24.8. The molecule has 0 aliphatic rings. The number of carboxylic acid groups (broad SMARTS) is 1. The van der Waals surface area contributed by atoms with Crippen LogP contribution in [0.2, 0.25) is 0 Å². The number of hydrogen-bond donors (Lipinski definition) is 7. The van der Waals surface area contributed by atoms with Crippen molar-refractivity contribution < 1.29 is 29.4 Å². The topological polar surface area (TPSA) is 197 Å². The molecule has 0 heterocycles. The van der Waals surface area contributed by atoms with Crippen molar-refractivity contribution in [3.05, 3.63) is 0 Å². The van der Waals surface area contributed by atoms with E-state index in [-0.39, 0.29) is 12.3 Å². The molecule has 9 N–H and O–H groups in total. The highest BCUT2D eigenvalue weighted by atomic mass is 16.4. The van der Waals surface area contributed by atoms with E-state index < -0.39 is 55.0 Å². The third-order valence-corrected chi connectivity index (χ3v) is 3.77. The minimum absolute atomic E-state index is 0.272. The Bertz CT molecular complexity index is 514. The fourth-order valence-electron chi connectivity index (χ4n) is 2.18. The third-order valence-electron chi connectivity index (χ3n) is 3.77. The van der Waals surface area contributed by atoms with Gasteiger partial charge in [0.15, 0.2) is 0 Å². The number of carboxylic acids is 1. The normalized spacial score (nSPS) is 14.1. The van der Waals surface area contributed by atoms with Crippen LogP contribution in [-0.4, -0.2) is 71.7 Å². The summed E-state index contributed by atoms with van der Waals surface area (Å²) < 4.78 is 0. The Kier molecular flexibility index (Phi) is 11.9. The Morgan fingerprint density at radius 3 is 2.11 bits per heavy atom. The molecule has 0 saturated carbocycles. The summed E-state index contributed by atoms with van der Waals surface area (Å²) in [4.78, 5) is 47.2. The summed E-state index contributed by atoms with van der Waals surface area (Å²) in [5.74, 6) is -3.46. The van der Waals surface area contributed by atoms with Crippen LogP contribution in [-0.2, 0) is 19.2 Å². The van der Waals surface area contributed by atoms with E-state index in [2.05, 4.69) is 16.0 Å². The molecule has 3 unspecified atom stereocenters. The van der Waals surface area contributed by atoms with E-state index in [1.807, 2.05) is 0 Å². The fourth-order valence-corrected chi connectivity index (χ4v) is 2.18. The average Bonchev–Trinajstić information content (AvgIpc) is 2.61. The molecule has 27 heavy (non-hydrogen) atoms. The summed E-state index contributed by atoms with van der Waals surface area (Å²) in [5, 5.41) is 24.8. The van der Waals surface area contributed by atoms with E-state index in [4.69, 9.17) is 21.7 Å². The highest BCUT2D eigenvalue weighted by Gasteiger charge is 2.29. The van der Waals surface area contributed by atoms with E-state index in [1.54, 1.807) is 13.8 Å². The number of carbonyl (C=O) groups excluding carboxylic acids is 3. The van der Waals surface area contributed by atoms with E-state index in [0.29, 0.717) is 19.4 Å². The largest absolute Gasteiger partial charge is 0.480 e. The highest BCUT2D eigenvalue weighted by molar-refractivity contribution is 5.93. The van der Waals surface area contributed by atoms with Crippen LogP contribution < -0.4 is 27.4 Å². The van der Waals surface area contributed by atoms with Crippen LogP contribution in [0.4, 0.5) is 0 Å². The van der Waals surface area contributed by atoms with Gasteiger partial charge in [0.2, 0.25) is 17.7 Å². The van der Waals surface area contributed by atoms with E-state index in [9.17, 15) is 19.2 Å². The molecule has 0 saturated heterocycles. The first-order valence-electron chi connectivity index (χ1n) is 8.80. The van der Waals surface area contributed by atoms with Gasteiger partial charge in [0, 0.05) is 0 Å². The predicted octanol–water partition coefficient (Wildman–Crippen LogP) is -2.74. The summed E-state index contributed by atoms with van der Waals surface area (Å²) >= 11 is 0. The van der Waals surface area contributed by atoms with Gasteiger partial charge in [-0.15, -0.1) is 0 Å². The highest BCUT2D eigenvalue weighted by Crippen LogP contribution is 2.06. The van der Waals surface area contributed by atoms with E-state index in [1.165, 1.54) is 0 Å². The zero-order valence-corrected chi connectivity index (χ0v) is 15.7.